The SMILES string of the molecule is COc1ccc(-c2cccc3c2CNC3=O)c(OCC(C)(C)C(=O)O[C@H]2CCOC2)c1OC. The number of nitrogens with one attached hydrogen (secondary N) is 1. The Balaban J connectivity index is 1.67. The number of carbonyl (C=O) groups excluding carboxylic acids is 2. The molecule has 1 N–H and O–H groups in total. The molecule has 2 heterocycles. The number of hydrogen-bond donors (Lipinski definition) is 1. The van der Waals surface area contributed by atoms with E-state index in [2.05, 4.69) is 5.32 Å². The molecule has 0 bridgehead atoms. The van der Waals surface area contributed by atoms with Gasteiger partial charge in [-0.05, 0) is 43.2 Å². The fourth-order valence-electron chi connectivity index (χ4n) is 3.99. The van der Waals surface area contributed by atoms with E-state index < -0.39 is 5.41 Å². The van der Waals surface area contributed by atoms with E-state index in [1.165, 1.54) is 7.11 Å². The number of esters is 1. The average molecular weight is 456 g/mol. The summed E-state index contributed by atoms with van der Waals surface area (Å²) in [6.45, 7) is 5.06. The fourth-order valence-corrected chi connectivity index (χ4v) is 3.99. The number of carbonyl (C=O) groups is 2. The summed E-state index contributed by atoms with van der Waals surface area (Å²) in [5.41, 5.74) is 2.21. The molecule has 2 aromatic carbocycles. The van der Waals surface area contributed by atoms with E-state index in [1.54, 1.807) is 33.1 Å². The van der Waals surface area contributed by atoms with Crippen LogP contribution in [0.5, 0.6) is 17.2 Å². The first-order valence-corrected chi connectivity index (χ1v) is 10.9. The Morgan fingerprint density at radius 3 is 2.58 bits per heavy atom. The first-order chi connectivity index (χ1) is 15.9. The number of fused-ring (bicyclic) bond motifs is 1. The van der Waals surface area contributed by atoms with Crippen molar-refractivity contribution < 1.29 is 33.3 Å². The maximum Gasteiger partial charge on any atom is 0.315 e. The summed E-state index contributed by atoms with van der Waals surface area (Å²) >= 11 is 0. The van der Waals surface area contributed by atoms with Gasteiger partial charge in [0.1, 0.15) is 12.7 Å². The van der Waals surface area contributed by atoms with Crippen LogP contribution in [0.2, 0.25) is 0 Å². The van der Waals surface area contributed by atoms with Crippen LogP contribution in [0.1, 0.15) is 36.2 Å². The smallest absolute Gasteiger partial charge is 0.315 e. The predicted molar refractivity (Wildman–Crippen MR) is 121 cm³/mol. The van der Waals surface area contributed by atoms with Gasteiger partial charge in [-0.1, -0.05) is 12.1 Å². The first-order valence-electron chi connectivity index (χ1n) is 10.9. The lowest BCUT2D eigenvalue weighted by molar-refractivity contribution is -0.161. The Labute approximate surface area is 193 Å². The minimum absolute atomic E-state index is 0.0577. The summed E-state index contributed by atoms with van der Waals surface area (Å²) < 4.78 is 28.3. The van der Waals surface area contributed by atoms with E-state index in [9.17, 15) is 9.59 Å². The van der Waals surface area contributed by atoms with Crippen molar-refractivity contribution in [2.24, 2.45) is 5.41 Å². The molecule has 8 heteroatoms. The molecule has 33 heavy (non-hydrogen) atoms. The third-order valence-corrected chi connectivity index (χ3v) is 5.93. The number of methoxy groups -OCH3 is 2. The highest BCUT2D eigenvalue weighted by molar-refractivity contribution is 6.01. The van der Waals surface area contributed by atoms with Gasteiger partial charge in [-0.3, -0.25) is 9.59 Å². The number of hydrogen-bond acceptors (Lipinski definition) is 7. The molecule has 176 valence electrons. The van der Waals surface area contributed by atoms with Crippen molar-refractivity contribution in [1.82, 2.24) is 5.32 Å². The van der Waals surface area contributed by atoms with Crippen LogP contribution in [-0.2, 0) is 20.8 Å². The molecule has 4 rings (SSSR count). The van der Waals surface area contributed by atoms with Crippen molar-refractivity contribution in [2.75, 3.05) is 34.0 Å². The Bertz CT molecular complexity index is 1060. The van der Waals surface area contributed by atoms with Crippen LogP contribution in [0.4, 0.5) is 0 Å². The van der Waals surface area contributed by atoms with E-state index in [0.717, 1.165) is 16.7 Å². The fraction of sp³-hybridized carbons (Fsp3) is 0.440. The van der Waals surface area contributed by atoms with Crippen LogP contribution in [0, 0.1) is 5.41 Å². The highest BCUT2D eigenvalue weighted by atomic mass is 16.6. The van der Waals surface area contributed by atoms with Crippen molar-refractivity contribution in [2.45, 2.75) is 32.9 Å². The van der Waals surface area contributed by atoms with E-state index in [-0.39, 0.29) is 24.6 Å². The van der Waals surface area contributed by atoms with Gasteiger partial charge in [-0.2, -0.15) is 0 Å². The van der Waals surface area contributed by atoms with Crippen molar-refractivity contribution in [3.05, 3.63) is 41.5 Å². The lowest BCUT2D eigenvalue weighted by atomic mass is 9.94. The zero-order valence-corrected chi connectivity index (χ0v) is 19.4. The topological polar surface area (TPSA) is 92.3 Å². The molecule has 1 atom stereocenters. The van der Waals surface area contributed by atoms with Crippen molar-refractivity contribution >= 4 is 11.9 Å². The lowest BCUT2D eigenvalue weighted by Crippen LogP contribution is -2.35. The van der Waals surface area contributed by atoms with Gasteiger partial charge in [0.2, 0.25) is 5.75 Å². The standard InChI is InChI=1S/C25H29NO7/c1-25(2,24(28)33-15-10-11-31-13-15)14-32-21-17(8-9-20(29-3)22(21)30-4)16-6-5-7-18-19(16)12-26-23(18)27/h5-9,15H,10-14H2,1-4H3,(H,26,27)/t15-/m0/s1. The van der Waals surface area contributed by atoms with Gasteiger partial charge >= 0.3 is 5.97 Å². The maximum absolute atomic E-state index is 12.8. The monoisotopic (exact) mass is 455 g/mol. The second-order valence-corrected chi connectivity index (χ2v) is 8.76. The van der Waals surface area contributed by atoms with Crippen LogP contribution in [0.25, 0.3) is 11.1 Å². The molecule has 1 saturated heterocycles. The molecule has 2 aromatic rings. The molecule has 0 radical (unpaired) electrons. The zero-order chi connectivity index (χ0) is 23.6. The maximum atomic E-state index is 12.8. The molecule has 8 nitrogen and oxygen atoms in total. The summed E-state index contributed by atoms with van der Waals surface area (Å²) in [5, 5.41) is 2.86. The second kappa shape index (κ2) is 9.31. The Morgan fingerprint density at radius 2 is 1.88 bits per heavy atom. The van der Waals surface area contributed by atoms with Gasteiger partial charge in [0.15, 0.2) is 11.5 Å². The van der Waals surface area contributed by atoms with E-state index in [4.69, 9.17) is 23.7 Å². The highest BCUT2D eigenvalue weighted by Crippen LogP contribution is 2.46. The minimum atomic E-state index is -0.913. The number of amides is 1. The summed E-state index contributed by atoms with van der Waals surface area (Å²) in [5.74, 6) is 0.904. The van der Waals surface area contributed by atoms with Gasteiger partial charge in [-0.15, -0.1) is 0 Å². The van der Waals surface area contributed by atoms with Crippen LogP contribution >= 0.6 is 0 Å². The van der Waals surface area contributed by atoms with E-state index in [0.29, 0.717) is 49.0 Å². The number of ether oxygens (including phenoxy) is 5. The van der Waals surface area contributed by atoms with Crippen LogP contribution in [-0.4, -0.2) is 52.0 Å². The highest BCUT2D eigenvalue weighted by Gasteiger charge is 2.35. The van der Waals surface area contributed by atoms with Gasteiger partial charge in [0.05, 0.1) is 32.8 Å². The molecular formula is C25H29NO7. The van der Waals surface area contributed by atoms with Crippen molar-refractivity contribution in [1.29, 1.82) is 0 Å². The van der Waals surface area contributed by atoms with Gasteiger partial charge in [0, 0.05) is 24.1 Å². The third-order valence-electron chi connectivity index (χ3n) is 5.93. The molecule has 2 aliphatic rings. The normalized spacial score (nSPS) is 17.3. The third kappa shape index (κ3) is 4.48. The second-order valence-electron chi connectivity index (χ2n) is 8.76. The molecule has 0 unspecified atom stereocenters. The van der Waals surface area contributed by atoms with Gasteiger partial charge < -0.3 is 29.0 Å². The predicted octanol–water partition coefficient (Wildman–Crippen LogP) is 3.35. The summed E-state index contributed by atoms with van der Waals surface area (Å²) in [4.78, 5) is 25.0. The molecule has 0 saturated carbocycles. The van der Waals surface area contributed by atoms with Crippen LogP contribution < -0.4 is 19.5 Å². The van der Waals surface area contributed by atoms with Crippen LogP contribution in [0.3, 0.4) is 0 Å². The van der Waals surface area contributed by atoms with Gasteiger partial charge in [-0.25, -0.2) is 0 Å². The lowest BCUT2D eigenvalue weighted by Gasteiger charge is -2.26. The first kappa shape index (κ1) is 22.9. The van der Waals surface area contributed by atoms with Crippen molar-refractivity contribution in [3.8, 4) is 28.4 Å². The molecule has 2 aliphatic heterocycles. The van der Waals surface area contributed by atoms with E-state index >= 15 is 0 Å². The molecule has 1 fully saturated rings. The Hall–Kier alpha value is -3.26. The molecule has 0 aromatic heterocycles. The number of rotatable bonds is 8. The summed E-state index contributed by atoms with van der Waals surface area (Å²) in [6, 6.07) is 9.24. The Morgan fingerprint density at radius 1 is 1.09 bits per heavy atom. The largest absolute Gasteiger partial charge is 0.493 e. The number of benzene rings is 2. The molecule has 0 aliphatic carbocycles. The summed E-state index contributed by atoms with van der Waals surface area (Å²) in [7, 11) is 3.09. The zero-order valence-electron chi connectivity index (χ0n) is 19.4. The minimum Gasteiger partial charge on any atom is -0.493 e. The van der Waals surface area contributed by atoms with Gasteiger partial charge in [0.25, 0.3) is 5.91 Å². The molecular weight excluding hydrogens is 426 g/mol. The van der Waals surface area contributed by atoms with Crippen molar-refractivity contribution in [3.63, 3.8) is 0 Å². The molecule has 1 amide bonds. The summed E-state index contributed by atoms with van der Waals surface area (Å²) in [6.07, 6.45) is 0.471. The molecule has 0 spiro atoms. The Kier molecular flexibility index (Phi) is 6.47. The van der Waals surface area contributed by atoms with E-state index in [1.807, 2.05) is 18.2 Å². The average Bonchev–Trinajstić information content (AvgIpc) is 3.46. The van der Waals surface area contributed by atoms with Crippen LogP contribution in [0.15, 0.2) is 30.3 Å². The quantitative estimate of drug-likeness (QED) is 0.610.